The van der Waals surface area contributed by atoms with E-state index in [1.54, 1.807) is 24.1 Å². The molecular weight excluding hydrogens is 496 g/mol. The molecular formula is C32H31ClN2O3. The van der Waals surface area contributed by atoms with Crippen LogP contribution in [0.5, 0.6) is 5.75 Å². The van der Waals surface area contributed by atoms with Gasteiger partial charge in [0.15, 0.2) is 0 Å². The molecule has 0 saturated heterocycles. The molecule has 0 saturated carbocycles. The van der Waals surface area contributed by atoms with Gasteiger partial charge in [0.05, 0.1) is 7.11 Å². The molecule has 0 aromatic heterocycles. The van der Waals surface area contributed by atoms with E-state index < -0.39 is 6.04 Å². The van der Waals surface area contributed by atoms with Crippen LogP contribution in [0, 0.1) is 0 Å². The Kier molecular flexibility index (Phi) is 9.54. The number of ether oxygens (including phenoxy) is 1. The van der Waals surface area contributed by atoms with Crippen LogP contribution in [-0.4, -0.2) is 23.8 Å². The minimum atomic E-state index is -0.798. The quantitative estimate of drug-likeness (QED) is 0.247. The van der Waals surface area contributed by atoms with Crippen molar-refractivity contribution in [2.24, 2.45) is 0 Å². The molecule has 1 atom stereocenters. The standard InChI is InChI=1S/C32H31ClN2O3/c1-38-29-19-14-25(15-20-29)22-34-32(37)31(27-10-6-3-7-11-27)35(23-26-12-17-28(33)18-13-26)30(36)21-16-24-8-4-2-5-9-24/h2-15,17-20,31H,16,21-23H2,1H3,(H,34,37)/t31-/m0/s1. The van der Waals surface area contributed by atoms with Crippen LogP contribution in [0.1, 0.15) is 34.7 Å². The van der Waals surface area contributed by atoms with E-state index >= 15 is 0 Å². The summed E-state index contributed by atoms with van der Waals surface area (Å²) >= 11 is 6.10. The van der Waals surface area contributed by atoms with Crippen LogP contribution in [0.15, 0.2) is 109 Å². The third kappa shape index (κ3) is 7.46. The van der Waals surface area contributed by atoms with E-state index in [2.05, 4.69) is 5.32 Å². The molecule has 0 bridgehead atoms. The maximum absolute atomic E-state index is 13.8. The first-order valence-electron chi connectivity index (χ1n) is 12.6. The molecule has 0 unspecified atom stereocenters. The Balaban J connectivity index is 1.61. The van der Waals surface area contributed by atoms with Gasteiger partial charge in [-0.05, 0) is 52.9 Å². The first-order valence-corrected chi connectivity index (χ1v) is 12.9. The van der Waals surface area contributed by atoms with Gasteiger partial charge in [0.2, 0.25) is 11.8 Å². The Labute approximate surface area is 229 Å². The fourth-order valence-corrected chi connectivity index (χ4v) is 4.41. The SMILES string of the molecule is COc1ccc(CNC(=O)[C@H](c2ccccc2)N(Cc2ccc(Cl)cc2)C(=O)CCc2ccccc2)cc1. The molecule has 0 radical (unpaired) electrons. The molecule has 0 aliphatic heterocycles. The van der Waals surface area contributed by atoms with Crippen molar-refractivity contribution in [1.82, 2.24) is 10.2 Å². The number of benzene rings is 4. The summed E-state index contributed by atoms with van der Waals surface area (Å²) in [5.74, 6) is 0.409. The van der Waals surface area contributed by atoms with E-state index in [0.717, 1.165) is 28.0 Å². The molecule has 6 heteroatoms. The van der Waals surface area contributed by atoms with E-state index in [9.17, 15) is 9.59 Å². The molecule has 0 aliphatic carbocycles. The summed E-state index contributed by atoms with van der Waals surface area (Å²) < 4.78 is 5.23. The summed E-state index contributed by atoms with van der Waals surface area (Å²) in [6.45, 7) is 0.611. The highest BCUT2D eigenvalue weighted by Gasteiger charge is 2.31. The Morgan fingerprint density at radius 3 is 2.03 bits per heavy atom. The maximum Gasteiger partial charge on any atom is 0.247 e. The number of hydrogen-bond donors (Lipinski definition) is 1. The predicted octanol–water partition coefficient (Wildman–Crippen LogP) is 6.37. The van der Waals surface area contributed by atoms with Crippen molar-refractivity contribution in [2.45, 2.75) is 32.0 Å². The van der Waals surface area contributed by atoms with Gasteiger partial charge in [0.1, 0.15) is 11.8 Å². The van der Waals surface area contributed by atoms with E-state index in [4.69, 9.17) is 16.3 Å². The van der Waals surface area contributed by atoms with Crippen LogP contribution < -0.4 is 10.1 Å². The van der Waals surface area contributed by atoms with Gasteiger partial charge >= 0.3 is 0 Å². The lowest BCUT2D eigenvalue weighted by atomic mass is 10.0. The summed E-state index contributed by atoms with van der Waals surface area (Å²) in [5, 5.41) is 3.66. The Bertz CT molecular complexity index is 1310. The van der Waals surface area contributed by atoms with Crippen molar-refractivity contribution in [3.8, 4) is 5.75 Å². The number of carbonyl (C=O) groups excluding carboxylic acids is 2. The molecule has 5 nitrogen and oxygen atoms in total. The zero-order valence-corrected chi connectivity index (χ0v) is 22.1. The van der Waals surface area contributed by atoms with Gasteiger partial charge in [0.25, 0.3) is 0 Å². The predicted molar refractivity (Wildman–Crippen MR) is 151 cm³/mol. The molecule has 0 spiro atoms. The average Bonchev–Trinajstić information content (AvgIpc) is 2.97. The third-order valence-corrected chi connectivity index (χ3v) is 6.61. The lowest BCUT2D eigenvalue weighted by molar-refractivity contribution is -0.141. The molecule has 38 heavy (non-hydrogen) atoms. The summed E-state index contributed by atoms with van der Waals surface area (Å²) in [6, 6.07) is 33.4. The van der Waals surface area contributed by atoms with E-state index in [-0.39, 0.29) is 24.8 Å². The van der Waals surface area contributed by atoms with Crippen molar-refractivity contribution >= 4 is 23.4 Å². The number of rotatable bonds is 11. The average molecular weight is 527 g/mol. The van der Waals surface area contributed by atoms with Gasteiger partial charge < -0.3 is 15.0 Å². The van der Waals surface area contributed by atoms with Crippen molar-refractivity contribution < 1.29 is 14.3 Å². The number of nitrogens with zero attached hydrogens (tertiary/aromatic N) is 1. The second kappa shape index (κ2) is 13.5. The van der Waals surface area contributed by atoms with E-state index in [1.165, 1.54) is 0 Å². The van der Waals surface area contributed by atoms with Crippen LogP contribution in [0.2, 0.25) is 5.02 Å². The third-order valence-electron chi connectivity index (χ3n) is 6.36. The number of hydrogen-bond acceptors (Lipinski definition) is 3. The zero-order chi connectivity index (χ0) is 26.7. The maximum atomic E-state index is 13.8. The highest BCUT2D eigenvalue weighted by atomic mass is 35.5. The van der Waals surface area contributed by atoms with Crippen LogP contribution in [-0.2, 0) is 29.1 Å². The first kappa shape index (κ1) is 27.0. The van der Waals surface area contributed by atoms with Gasteiger partial charge in [-0.3, -0.25) is 9.59 Å². The highest BCUT2D eigenvalue weighted by molar-refractivity contribution is 6.30. The monoisotopic (exact) mass is 526 g/mol. The topological polar surface area (TPSA) is 58.6 Å². The lowest BCUT2D eigenvalue weighted by Crippen LogP contribution is -2.43. The van der Waals surface area contributed by atoms with Gasteiger partial charge in [-0.1, -0.05) is 96.5 Å². The summed E-state index contributed by atoms with van der Waals surface area (Å²) in [5.41, 5.74) is 3.66. The molecule has 4 aromatic rings. The lowest BCUT2D eigenvalue weighted by Gasteiger charge is -2.32. The van der Waals surface area contributed by atoms with E-state index in [0.29, 0.717) is 18.0 Å². The minimum Gasteiger partial charge on any atom is -0.497 e. The molecule has 0 aliphatic rings. The number of nitrogens with one attached hydrogen (secondary N) is 1. The summed E-state index contributed by atoms with van der Waals surface area (Å²) in [6.07, 6.45) is 0.873. The fourth-order valence-electron chi connectivity index (χ4n) is 4.29. The fraction of sp³-hybridized carbons (Fsp3) is 0.188. The molecule has 1 N–H and O–H groups in total. The van der Waals surface area contributed by atoms with Crippen LogP contribution in [0.3, 0.4) is 0 Å². The van der Waals surface area contributed by atoms with Gasteiger partial charge in [-0.2, -0.15) is 0 Å². The van der Waals surface area contributed by atoms with Crippen molar-refractivity contribution in [3.63, 3.8) is 0 Å². The number of halogens is 1. The Hall–Kier alpha value is -4.09. The highest BCUT2D eigenvalue weighted by Crippen LogP contribution is 2.26. The smallest absolute Gasteiger partial charge is 0.247 e. The Morgan fingerprint density at radius 1 is 0.789 bits per heavy atom. The van der Waals surface area contributed by atoms with Crippen LogP contribution >= 0.6 is 11.6 Å². The van der Waals surface area contributed by atoms with E-state index in [1.807, 2.05) is 97.1 Å². The summed E-state index contributed by atoms with van der Waals surface area (Å²) in [4.78, 5) is 29.2. The van der Waals surface area contributed by atoms with Crippen molar-refractivity contribution in [3.05, 3.63) is 136 Å². The zero-order valence-electron chi connectivity index (χ0n) is 21.3. The number of carbonyl (C=O) groups is 2. The van der Waals surface area contributed by atoms with Crippen molar-refractivity contribution in [1.29, 1.82) is 0 Å². The van der Waals surface area contributed by atoms with Gasteiger partial charge in [0, 0.05) is 24.5 Å². The Morgan fingerprint density at radius 2 is 1.39 bits per heavy atom. The molecule has 4 aromatic carbocycles. The largest absolute Gasteiger partial charge is 0.497 e. The van der Waals surface area contributed by atoms with Gasteiger partial charge in [-0.25, -0.2) is 0 Å². The number of amides is 2. The molecule has 0 fully saturated rings. The molecule has 0 heterocycles. The molecule has 4 rings (SSSR count). The number of methoxy groups -OCH3 is 1. The number of aryl methyl sites for hydroxylation is 1. The second-order valence-corrected chi connectivity index (χ2v) is 9.45. The summed E-state index contributed by atoms with van der Waals surface area (Å²) in [7, 11) is 1.62. The minimum absolute atomic E-state index is 0.0998. The van der Waals surface area contributed by atoms with Gasteiger partial charge in [-0.15, -0.1) is 0 Å². The van der Waals surface area contributed by atoms with Crippen LogP contribution in [0.25, 0.3) is 0 Å². The molecule has 2 amide bonds. The molecule has 194 valence electrons. The second-order valence-electron chi connectivity index (χ2n) is 9.01. The van der Waals surface area contributed by atoms with Crippen molar-refractivity contribution in [2.75, 3.05) is 7.11 Å². The van der Waals surface area contributed by atoms with Crippen LogP contribution in [0.4, 0.5) is 0 Å². The first-order chi connectivity index (χ1) is 18.5. The normalized spacial score (nSPS) is 11.4.